The van der Waals surface area contributed by atoms with Gasteiger partial charge in [0.2, 0.25) is 5.13 Å². The van der Waals surface area contributed by atoms with Crippen molar-refractivity contribution in [2.24, 2.45) is 7.05 Å². The number of rotatable bonds is 5. The largest absolute Gasteiger partial charge is 0.329 e. The van der Waals surface area contributed by atoms with E-state index in [1.54, 1.807) is 30.4 Å². The van der Waals surface area contributed by atoms with Gasteiger partial charge in [-0.2, -0.15) is 14.5 Å². The van der Waals surface area contributed by atoms with Crippen LogP contribution in [-0.4, -0.2) is 54.2 Å². The van der Waals surface area contributed by atoms with Crippen molar-refractivity contribution in [2.45, 2.75) is 19.9 Å². The first-order valence-electron chi connectivity index (χ1n) is 10.3. The van der Waals surface area contributed by atoms with Gasteiger partial charge in [0.05, 0.1) is 22.4 Å². The maximum absolute atomic E-state index is 12.8. The Morgan fingerprint density at radius 3 is 2.82 bits per heavy atom. The molecule has 0 unspecified atom stereocenters. The number of benzene rings is 1. The number of aryl methyl sites for hydroxylation is 1. The summed E-state index contributed by atoms with van der Waals surface area (Å²) in [5.41, 5.74) is 2.25. The Morgan fingerprint density at radius 1 is 1.24 bits per heavy atom. The number of nitrogens with zero attached hydrogens (tertiary/aromatic N) is 6. The fourth-order valence-corrected chi connectivity index (χ4v) is 4.72. The first-order valence-corrected chi connectivity index (χ1v) is 11.5. The van der Waals surface area contributed by atoms with Crippen molar-refractivity contribution in [3.8, 4) is 11.4 Å². The second-order valence-corrected chi connectivity index (χ2v) is 9.19. The Labute approximate surface area is 198 Å². The van der Waals surface area contributed by atoms with Gasteiger partial charge in [-0.25, -0.2) is 4.79 Å². The van der Waals surface area contributed by atoms with E-state index in [1.165, 1.54) is 21.0 Å². The maximum Gasteiger partial charge on any atom is 0.325 e. The summed E-state index contributed by atoms with van der Waals surface area (Å²) in [6, 6.07) is 5.30. The number of fused-ring (bicyclic) bond motifs is 1. The van der Waals surface area contributed by atoms with Gasteiger partial charge in [0, 0.05) is 54.9 Å². The molecule has 0 spiro atoms. The third kappa shape index (κ3) is 3.72. The number of aromatic nitrogens is 5. The van der Waals surface area contributed by atoms with Crippen LogP contribution < -0.4 is 15.8 Å². The van der Waals surface area contributed by atoms with Crippen LogP contribution in [0.2, 0.25) is 5.02 Å². The zero-order valence-electron chi connectivity index (χ0n) is 18.2. The van der Waals surface area contributed by atoms with Crippen molar-refractivity contribution in [1.82, 2.24) is 29.0 Å². The molecule has 0 atom stereocenters. The third-order valence-corrected chi connectivity index (χ3v) is 6.64. The first kappa shape index (κ1) is 21.4. The van der Waals surface area contributed by atoms with Crippen LogP contribution in [0, 0.1) is 0 Å². The van der Waals surface area contributed by atoms with E-state index in [9.17, 15) is 9.59 Å². The Morgan fingerprint density at radius 2 is 2.06 bits per heavy atom. The molecule has 33 heavy (non-hydrogen) atoms. The van der Waals surface area contributed by atoms with Crippen molar-refractivity contribution in [1.29, 1.82) is 0 Å². The number of hydrogen-bond acceptors (Lipinski definition) is 7. The number of urea groups is 1. The molecule has 2 N–H and O–H groups in total. The van der Waals surface area contributed by atoms with Crippen molar-refractivity contribution in [3.05, 3.63) is 46.0 Å². The molecule has 1 aliphatic heterocycles. The predicted octanol–water partition coefficient (Wildman–Crippen LogP) is 3.83. The Bertz CT molecular complexity index is 1430. The molecule has 5 rings (SSSR count). The number of nitrogens with one attached hydrogen (secondary N) is 2. The average molecular weight is 485 g/mol. The fourth-order valence-electron chi connectivity index (χ4n) is 3.85. The van der Waals surface area contributed by atoms with Crippen LogP contribution in [0.5, 0.6) is 0 Å². The Kier molecular flexibility index (Phi) is 5.29. The van der Waals surface area contributed by atoms with Crippen molar-refractivity contribution >= 4 is 56.6 Å². The standard InChI is InChI=1S/C21H21ClN8O2S/c1-11(2)29-6-7-30(21(29)32)16-8-12(10-28(3)19(16)31)18-25-20(33-27-18)24-15-5-4-14-13(17(15)22)9-23-26-14/h4-5,8-11H,6-7H2,1-3H3,(H,23,26)(H,24,25,27). The summed E-state index contributed by atoms with van der Waals surface area (Å²) >= 11 is 7.67. The molecule has 1 aliphatic rings. The Balaban J connectivity index is 1.45. The lowest BCUT2D eigenvalue weighted by molar-refractivity contribution is 0.209. The van der Waals surface area contributed by atoms with Gasteiger partial charge in [-0.1, -0.05) is 11.6 Å². The van der Waals surface area contributed by atoms with E-state index in [1.807, 2.05) is 26.0 Å². The number of carbonyl (C=O) groups excluding carboxylic acids is 1. The summed E-state index contributed by atoms with van der Waals surface area (Å²) < 4.78 is 5.89. The van der Waals surface area contributed by atoms with Crippen LogP contribution in [0.15, 0.2) is 35.4 Å². The van der Waals surface area contributed by atoms with Gasteiger partial charge in [-0.15, -0.1) is 0 Å². The topological polar surface area (TPSA) is 112 Å². The van der Waals surface area contributed by atoms with Crippen molar-refractivity contribution in [3.63, 3.8) is 0 Å². The van der Waals surface area contributed by atoms with E-state index in [0.29, 0.717) is 46.0 Å². The number of halogens is 1. The molecule has 1 saturated heterocycles. The number of carbonyl (C=O) groups is 1. The van der Waals surface area contributed by atoms with Gasteiger partial charge in [-0.3, -0.25) is 14.8 Å². The van der Waals surface area contributed by atoms with Gasteiger partial charge in [0.1, 0.15) is 5.69 Å². The third-order valence-electron chi connectivity index (χ3n) is 5.60. The highest BCUT2D eigenvalue weighted by Crippen LogP contribution is 2.33. The van der Waals surface area contributed by atoms with E-state index in [-0.39, 0.29) is 17.6 Å². The SMILES string of the molecule is CC(C)N1CCN(c2cc(-c3nsc(Nc4ccc5[nH]ncc5c4Cl)n3)cn(C)c2=O)C1=O. The van der Waals surface area contributed by atoms with Crippen LogP contribution in [-0.2, 0) is 7.05 Å². The zero-order valence-corrected chi connectivity index (χ0v) is 19.7. The van der Waals surface area contributed by atoms with E-state index in [2.05, 4.69) is 24.9 Å². The van der Waals surface area contributed by atoms with Crippen molar-refractivity contribution in [2.75, 3.05) is 23.3 Å². The minimum atomic E-state index is -0.244. The molecule has 0 aliphatic carbocycles. The summed E-state index contributed by atoms with van der Waals surface area (Å²) in [6.45, 7) is 4.96. The van der Waals surface area contributed by atoms with Gasteiger partial charge in [0.15, 0.2) is 5.82 Å². The summed E-state index contributed by atoms with van der Waals surface area (Å²) in [4.78, 5) is 33.5. The van der Waals surface area contributed by atoms with Gasteiger partial charge >= 0.3 is 6.03 Å². The summed E-state index contributed by atoms with van der Waals surface area (Å²) in [5.74, 6) is 0.451. The molecule has 0 radical (unpaired) electrons. The molecular weight excluding hydrogens is 464 g/mol. The number of aromatic amines is 1. The smallest absolute Gasteiger partial charge is 0.325 e. The monoisotopic (exact) mass is 484 g/mol. The molecule has 0 saturated carbocycles. The summed E-state index contributed by atoms with van der Waals surface area (Å²) in [6.07, 6.45) is 3.34. The lowest BCUT2D eigenvalue weighted by Gasteiger charge is -2.21. The molecule has 3 aromatic heterocycles. The van der Waals surface area contributed by atoms with Gasteiger partial charge < -0.3 is 14.8 Å². The number of anilines is 3. The quantitative estimate of drug-likeness (QED) is 0.445. The molecule has 4 heterocycles. The predicted molar refractivity (Wildman–Crippen MR) is 130 cm³/mol. The van der Waals surface area contributed by atoms with Gasteiger partial charge in [-0.05, 0) is 32.0 Å². The summed E-state index contributed by atoms with van der Waals surface area (Å²) in [7, 11) is 1.65. The van der Waals surface area contributed by atoms with Crippen LogP contribution >= 0.6 is 23.1 Å². The first-order chi connectivity index (χ1) is 15.8. The molecule has 10 nitrogen and oxygen atoms in total. The van der Waals surface area contributed by atoms with E-state index in [4.69, 9.17) is 11.6 Å². The highest BCUT2D eigenvalue weighted by atomic mass is 35.5. The molecule has 0 bridgehead atoms. The molecular formula is C21H21ClN8O2S. The van der Waals surface area contributed by atoms with Crippen LogP contribution in [0.1, 0.15) is 13.8 Å². The van der Waals surface area contributed by atoms with Crippen LogP contribution in [0.25, 0.3) is 22.3 Å². The maximum atomic E-state index is 12.8. The molecule has 1 fully saturated rings. The number of hydrogen-bond donors (Lipinski definition) is 2. The fraction of sp³-hybridized carbons (Fsp3) is 0.286. The zero-order chi connectivity index (χ0) is 23.3. The molecule has 1 aromatic carbocycles. The molecule has 12 heteroatoms. The molecule has 170 valence electrons. The lowest BCUT2D eigenvalue weighted by Crippen LogP contribution is -2.38. The minimum Gasteiger partial charge on any atom is -0.329 e. The number of H-pyrrole nitrogens is 1. The molecule has 4 aromatic rings. The number of pyridine rings is 1. The van der Waals surface area contributed by atoms with E-state index < -0.39 is 0 Å². The normalized spacial score (nSPS) is 14.2. The second-order valence-electron chi connectivity index (χ2n) is 8.06. The average Bonchev–Trinajstić information content (AvgIpc) is 3.52. The van der Waals surface area contributed by atoms with E-state index in [0.717, 1.165) is 10.9 Å². The Hall–Kier alpha value is -3.44. The van der Waals surface area contributed by atoms with Gasteiger partial charge in [0.25, 0.3) is 5.56 Å². The van der Waals surface area contributed by atoms with Crippen LogP contribution in [0.3, 0.4) is 0 Å². The highest BCUT2D eigenvalue weighted by Gasteiger charge is 2.33. The minimum absolute atomic E-state index is 0.0662. The highest BCUT2D eigenvalue weighted by molar-refractivity contribution is 7.10. The second kappa shape index (κ2) is 8.16. The van der Waals surface area contributed by atoms with Crippen LogP contribution in [0.4, 0.5) is 21.3 Å². The lowest BCUT2D eigenvalue weighted by atomic mass is 10.2. The number of amides is 2. The summed E-state index contributed by atoms with van der Waals surface area (Å²) in [5, 5.41) is 12.0. The van der Waals surface area contributed by atoms with E-state index >= 15 is 0 Å². The molecule has 2 amide bonds. The van der Waals surface area contributed by atoms with Crippen molar-refractivity contribution < 1.29 is 4.79 Å².